The molecule has 6 nitrogen and oxygen atoms in total. The molecule has 4 rings (SSSR count). The first-order chi connectivity index (χ1) is 15.0. The van der Waals surface area contributed by atoms with E-state index in [2.05, 4.69) is 15.3 Å². The SMILES string of the molecule is COC(=O)C(C)Sc1ccccc1C(=O)Nc1cccc(-c2nc3ccccc3[nH]2)c1. The normalized spacial score (nSPS) is 11.8. The summed E-state index contributed by atoms with van der Waals surface area (Å²) in [6.45, 7) is 1.75. The number of nitrogens with zero attached hydrogens (tertiary/aromatic N) is 1. The molecule has 0 bridgehead atoms. The Morgan fingerprint density at radius 3 is 2.61 bits per heavy atom. The molecule has 31 heavy (non-hydrogen) atoms. The molecule has 1 unspecified atom stereocenters. The van der Waals surface area contributed by atoms with Crippen molar-refractivity contribution in [2.24, 2.45) is 0 Å². The Labute approximate surface area is 184 Å². The molecular weight excluding hydrogens is 410 g/mol. The van der Waals surface area contributed by atoms with Crippen LogP contribution in [0.5, 0.6) is 0 Å². The van der Waals surface area contributed by atoms with Crippen LogP contribution in [0.4, 0.5) is 5.69 Å². The highest BCUT2D eigenvalue weighted by molar-refractivity contribution is 8.00. The maximum atomic E-state index is 13.0. The number of rotatable bonds is 6. The highest BCUT2D eigenvalue weighted by Crippen LogP contribution is 2.29. The third-order valence-corrected chi connectivity index (χ3v) is 5.91. The number of thioether (sulfide) groups is 1. The number of esters is 1. The van der Waals surface area contributed by atoms with Gasteiger partial charge >= 0.3 is 5.97 Å². The summed E-state index contributed by atoms with van der Waals surface area (Å²) in [6, 6.07) is 22.5. The highest BCUT2D eigenvalue weighted by Gasteiger charge is 2.19. The molecule has 1 amide bonds. The van der Waals surface area contributed by atoms with Crippen LogP contribution < -0.4 is 5.32 Å². The van der Waals surface area contributed by atoms with Gasteiger partial charge in [0.25, 0.3) is 5.91 Å². The summed E-state index contributed by atoms with van der Waals surface area (Å²) in [5.41, 5.74) is 3.87. The number of nitrogens with one attached hydrogen (secondary N) is 2. The van der Waals surface area contributed by atoms with Crippen LogP contribution >= 0.6 is 11.8 Å². The number of imidazole rings is 1. The van der Waals surface area contributed by atoms with E-state index in [1.54, 1.807) is 19.1 Å². The zero-order valence-corrected chi connectivity index (χ0v) is 17.9. The van der Waals surface area contributed by atoms with Crippen LogP contribution in [0.3, 0.4) is 0 Å². The van der Waals surface area contributed by atoms with Crippen LogP contribution in [0.1, 0.15) is 17.3 Å². The fraction of sp³-hybridized carbons (Fsp3) is 0.125. The minimum atomic E-state index is -0.421. The number of hydrogen-bond donors (Lipinski definition) is 2. The van der Waals surface area contributed by atoms with Gasteiger partial charge in [0.15, 0.2) is 0 Å². The summed E-state index contributed by atoms with van der Waals surface area (Å²) >= 11 is 1.29. The molecule has 0 saturated heterocycles. The van der Waals surface area contributed by atoms with Gasteiger partial charge in [-0.25, -0.2) is 4.98 Å². The van der Waals surface area contributed by atoms with Gasteiger partial charge in [-0.15, -0.1) is 11.8 Å². The van der Waals surface area contributed by atoms with Crippen molar-refractivity contribution in [3.63, 3.8) is 0 Å². The van der Waals surface area contributed by atoms with E-state index in [4.69, 9.17) is 4.74 Å². The fourth-order valence-electron chi connectivity index (χ4n) is 3.19. The highest BCUT2D eigenvalue weighted by atomic mass is 32.2. The topological polar surface area (TPSA) is 84.1 Å². The Hall–Kier alpha value is -3.58. The van der Waals surface area contributed by atoms with Crippen molar-refractivity contribution >= 4 is 40.4 Å². The zero-order valence-electron chi connectivity index (χ0n) is 17.1. The number of carbonyl (C=O) groups excluding carboxylic acids is 2. The first-order valence-electron chi connectivity index (χ1n) is 9.75. The van der Waals surface area contributed by atoms with E-state index >= 15 is 0 Å². The number of H-pyrrole nitrogens is 1. The minimum absolute atomic E-state index is 0.248. The average Bonchev–Trinajstić information content (AvgIpc) is 3.23. The molecule has 0 radical (unpaired) electrons. The Balaban J connectivity index is 1.56. The molecule has 0 saturated carbocycles. The van der Waals surface area contributed by atoms with Crippen LogP contribution in [0.15, 0.2) is 77.7 Å². The van der Waals surface area contributed by atoms with E-state index in [1.807, 2.05) is 60.7 Å². The fourth-order valence-corrected chi connectivity index (χ4v) is 4.21. The van der Waals surface area contributed by atoms with Crippen LogP contribution in [0.2, 0.25) is 0 Å². The lowest BCUT2D eigenvalue weighted by atomic mass is 10.1. The molecule has 4 aromatic rings. The van der Waals surface area contributed by atoms with Gasteiger partial charge in [-0.1, -0.05) is 36.4 Å². The Morgan fingerprint density at radius 2 is 1.81 bits per heavy atom. The maximum Gasteiger partial charge on any atom is 0.318 e. The number of methoxy groups -OCH3 is 1. The van der Waals surface area contributed by atoms with E-state index in [9.17, 15) is 9.59 Å². The van der Waals surface area contributed by atoms with Gasteiger partial charge in [-0.3, -0.25) is 9.59 Å². The number of ether oxygens (including phenoxy) is 1. The van der Waals surface area contributed by atoms with Gasteiger partial charge in [0.2, 0.25) is 0 Å². The van der Waals surface area contributed by atoms with E-state index in [0.29, 0.717) is 16.1 Å². The number of anilines is 1. The minimum Gasteiger partial charge on any atom is -0.468 e. The summed E-state index contributed by atoms with van der Waals surface area (Å²) in [7, 11) is 1.35. The lowest BCUT2D eigenvalue weighted by Crippen LogP contribution is -2.17. The summed E-state index contributed by atoms with van der Waals surface area (Å²) < 4.78 is 4.79. The van der Waals surface area contributed by atoms with E-state index < -0.39 is 5.25 Å². The van der Waals surface area contributed by atoms with Crippen LogP contribution in [0.25, 0.3) is 22.4 Å². The van der Waals surface area contributed by atoms with Gasteiger partial charge < -0.3 is 15.0 Å². The number of benzene rings is 3. The number of aromatic amines is 1. The summed E-state index contributed by atoms with van der Waals surface area (Å²) in [5, 5.41) is 2.53. The second-order valence-electron chi connectivity index (χ2n) is 6.92. The number of hydrogen-bond acceptors (Lipinski definition) is 5. The number of para-hydroxylation sites is 2. The van der Waals surface area contributed by atoms with Gasteiger partial charge in [0, 0.05) is 16.1 Å². The molecule has 1 heterocycles. The largest absolute Gasteiger partial charge is 0.468 e. The third kappa shape index (κ3) is 4.62. The van der Waals surface area contributed by atoms with Gasteiger partial charge in [0.1, 0.15) is 11.1 Å². The van der Waals surface area contributed by atoms with Crippen molar-refractivity contribution in [3.8, 4) is 11.4 Å². The maximum absolute atomic E-state index is 13.0. The number of aromatic nitrogens is 2. The molecule has 1 atom stereocenters. The monoisotopic (exact) mass is 431 g/mol. The summed E-state index contributed by atoms with van der Waals surface area (Å²) in [5.74, 6) is 0.154. The molecule has 156 valence electrons. The predicted octanol–water partition coefficient (Wildman–Crippen LogP) is 5.14. The molecule has 0 fully saturated rings. The van der Waals surface area contributed by atoms with Crippen LogP contribution in [0, 0.1) is 0 Å². The molecule has 0 aliphatic carbocycles. The molecule has 0 aliphatic rings. The smallest absolute Gasteiger partial charge is 0.318 e. The standard InChI is InChI=1S/C24H21N3O3S/c1-15(24(29)30-2)31-21-13-6-3-10-18(21)23(28)25-17-9-7-8-16(14-17)22-26-19-11-4-5-12-20(19)27-22/h3-15H,1-2H3,(H,25,28)(H,26,27). The average molecular weight is 432 g/mol. The lowest BCUT2D eigenvalue weighted by molar-refractivity contribution is -0.139. The van der Waals surface area contributed by atoms with E-state index in [1.165, 1.54) is 18.9 Å². The second-order valence-corrected chi connectivity index (χ2v) is 8.30. The quantitative estimate of drug-likeness (QED) is 0.326. The molecule has 2 N–H and O–H groups in total. The van der Waals surface area contributed by atoms with Gasteiger partial charge in [0.05, 0.1) is 23.7 Å². The molecule has 1 aromatic heterocycles. The predicted molar refractivity (Wildman–Crippen MR) is 123 cm³/mol. The Morgan fingerprint density at radius 1 is 1.03 bits per heavy atom. The van der Waals surface area contributed by atoms with Crippen molar-refractivity contribution < 1.29 is 14.3 Å². The van der Waals surface area contributed by atoms with Gasteiger partial charge in [-0.05, 0) is 43.3 Å². The molecular formula is C24H21N3O3S. The zero-order chi connectivity index (χ0) is 21.8. The summed E-state index contributed by atoms with van der Waals surface area (Å²) in [6.07, 6.45) is 0. The van der Waals surface area contributed by atoms with Crippen molar-refractivity contribution in [2.45, 2.75) is 17.1 Å². The van der Waals surface area contributed by atoms with Crippen LogP contribution in [-0.2, 0) is 9.53 Å². The van der Waals surface area contributed by atoms with Crippen molar-refractivity contribution in [3.05, 3.63) is 78.4 Å². The number of amides is 1. The van der Waals surface area contributed by atoms with Gasteiger partial charge in [-0.2, -0.15) is 0 Å². The van der Waals surface area contributed by atoms with E-state index in [0.717, 1.165) is 22.4 Å². The van der Waals surface area contributed by atoms with Crippen molar-refractivity contribution in [1.29, 1.82) is 0 Å². The van der Waals surface area contributed by atoms with Crippen molar-refractivity contribution in [2.75, 3.05) is 12.4 Å². The first kappa shape index (κ1) is 20.7. The molecule has 0 aliphatic heterocycles. The number of fused-ring (bicyclic) bond motifs is 1. The number of carbonyl (C=O) groups is 2. The summed E-state index contributed by atoms with van der Waals surface area (Å²) in [4.78, 5) is 33.4. The van der Waals surface area contributed by atoms with Crippen molar-refractivity contribution in [1.82, 2.24) is 9.97 Å². The molecule has 7 heteroatoms. The second kappa shape index (κ2) is 9.06. The Bertz CT molecular complexity index is 1220. The molecule has 0 spiro atoms. The van der Waals surface area contributed by atoms with E-state index in [-0.39, 0.29) is 11.9 Å². The first-order valence-corrected chi connectivity index (χ1v) is 10.6. The third-order valence-electron chi connectivity index (χ3n) is 4.75. The molecule has 3 aromatic carbocycles. The lowest BCUT2D eigenvalue weighted by Gasteiger charge is -2.13. The Kier molecular flexibility index (Phi) is 6.04. The van der Waals surface area contributed by atoms with Crippen LogP contribution in [-0.4, -0.2) is 34.2 Å².